The third kappa shape index (κ3) is 7.66. The van der Waals surface area contributed by atoms with Gasteiger partial charge >= 0.3 is 0 Å². The van der Waals surface area contributed by atoms with Crippen LogP contribution in [0.1, 0.15) is 64.5 Å². The van der Waals surface area contributed by atoms with Gasteiger partial charge in [-0.05, 0) is 101 Å². The standard InChI is InChI=1S/C42H42N6O2/c49-41(36-23-22-32(34-17-3-4-18-35(34)36)27-46-39-21-5-6-24-44-39)48-38(20-10-25-43-37-19-8-13-30-15-9-26-45-40(30)37)42(50)47-28-31-14-7-12-29-11-1-2-16-33(29)31/h1-7,9,11-12,14-18,21-24,26,37-38,43H,8,10,13,19-20,25,27-28H2,(H,44,46)(H,47,50)(H,48,49)/t37?,38-/m0/s1. The Hall–Kier alpha value is -5.60. The lowest BCUT2D eigenvalue weighted by Crippen LogP contribution is -2.47. The molecule has 1 aliphatic carbocycles. The van der Waals surface area contributed by atoms with Crippen LogP contribution in [0.25, 0.3) is 21.5 Å². The Labute approximate surface area is 292 Å². The average molecular weight is 663 g/mol. The van der Waals surface area contributed by atoms with Crippen molar-refractivity contribution in [3.8, 4) is 0 Å². The van der Waals surface area contributed by atoms with E-state index in [0.29, 0.717) is 38.0 Å². The van der Waals surface area contributed by atoms with Gasteiger partial charge in [-0.15, -0.1) is 0 Å². The molecule has 1 unspecified atom stereocenters. The molecule has 4 N–H and O–H groups in total. The van der Waals surface area contributed by atoms with Crippen LogP contribution in [0.5, 0.6) is 0 Å². The Bertz CT molecular complexity index is 2090. The molecule has 0 fully saturated rings. The number of pyridine rings is 2. The molecule has 2 heterocycles. The van der Waals surface area contributed by atoms with Crippen LogP contribution >= 0.6 is 0 Å². The number of rotatable bonds is 13. The number of aryl methyl sites for hydroxylation is 1. The smallest absolute Gasteiger partial charge is 0.252 e. The summed E-state index contributed by atoms with van der Waals surface area (Å²) in [4.78, 5) is 36.9. The van der Waals surface area contributed by atoms with Crippen molar-refractivity contribution in [1.29, 1.82) is 0 Å². The molecule has 6 aromatic rings. The summed E-state index contributed by atoms with van der Waals surface area (Å²) in [6, 6.07) is 35.4. The van der Waals surface area contributed by atoms with Gasteiger partial charge in [-0.2, -0.15) is 0 Å². The Morgan fingerprint density at radius 2 is 1.52 bits per heavy atom. The minimum Gasteiger partial charge on any atom is -0.366 e. The molecule has 0 radical (unpaired) electrons. The first kappa shape index (κ1) is 32.9. The van der Waals surface area contributed by atoms with Gasteiger partial charge in [-0.1, -0.05) is 84.9 Å². The zero-order valence-corrected chi connectivity index (χ0v) is 28.1. The van der Waals surface area contributed by atoms with E-state index in [1.165, 1.54) is 5.56 Å². The lowest BCUT2D eigenvalue weighted by molar-refractivity contribution is -0.123. The predicted molar refractivity (Wildman–Crippen MR) is 200 cm³/mol. The molecule has 2 aromatic heterocycles. The van der Waals surface area contributed by atoms with Crippen molar-refractivity contribution in [2.75, 3.05) is 11.9 Å². The van der Waals surface area contributed by atoms with Crippen LogP contribution in [0.4, 0.5) is 5.82 Å². The molecule has 252 valence electrons. The van der Waals surface area contributed by atoms with E-state index in [4.69, 9.17) is 0 Å². The fraction of sp³-hybridized carbons (Fsp3) is 0.238. The number of hydrogen-bond acceptors (Lipinski definition) is 6. The summed E-state index contributed by atoms with van der Waals surface area (Å²) in [6.07, 6.45) is 8.04. The van der Waals surface area contributed by atoms with Gasteiger partial charge in [0.05, 0.1) is 5.69 Å². The first-order valence-corrected chi connectivity index (χ1v) is 17.5. The zero-order valence-electron chi connectivity index (χ0n) is 28.1. The van der Waals surface area contributed by atoms with Gasteiger partial charge in [0.1, 0.15) is 11.9 Å². The summed E-state index contributed by atoms with van der Waals surface area (Å²) in [5, 5.41) is 17.3. The topological polar surface area (TPSA) is 108 Å². The molecule has 50 heavy (non-hydrogen) atoms. The molecule has 4 aromatic carbocycles. The van der Waals surface area contributed by atoms with E-state index < -0.39 is 6.04 Å². The number of aromatic nitrogens is 2. The van der Waals surface area contributed by atoms with Crippen LogP contribution in [-0.4, -0.2) is 34.4 Å². The summed E-state index contributed by atoms with van der Waals surface area (Å²) in [6.45, 7) is 1.65. The molecule has 8 nitrogen and oxygen atoms in total. The zero-order chi connectivity index (χ0) is 34.1. The number of anilines is 1. The summed E-state index contributed by atoms with van der Waals surface area (Å²) in [7, 11) is 0. The lowest BCUT2D eigenvalue weighted by atomic mass is 9.92. The van der Waals surface area contributed by atoms with Crippen molar-refractivity contribution in [2.45, 2.75) is 57.3 Å². The average Bonchev–Trinajstić information content (AvgIpc) is 3.17. The van der Waals surface area contributed by atoms with Crippen molar-refractivity contribution in [3.05, 3.63) is 150 Å². The quantitative estimate of drug-likeness (QED) is 0.0971. The molecule has 1 aliphatic rings. The second-order valence-electron chi connectivity index (χ2n) is 12.9. The largest absolute Gasteiger partial charge is 0.366 e. The fourth-order valence-corrected chi connectivity index (χ4v) is 7.01. The highest BCUT2D eigenvalue weighted by Gasteiger charge is 2.24. The number of carbonyl (C=O) groups excluding carboxylic acids is 2. The SMILES string of the molecule is O=C(N[C@@H](CCCNC1CCCc2cccnc21)C(=O)NCc1cccc2ccccc12)c1ccc(CNc2ccccn2)c2ccccc12. The number of fused-ring (bicyclic) bond motifs is 3. The number of nitrogens with one attached hydrogen (secondary N) is 4. The maximum atomic E-state index is 14.0. The predicted octanol–water partition coefficient (Wildman–Crippen LogP) is 7.26. The summed E-state index contributed by atoms with van der Waals surface area (Å²) >= 11 is 0. The van der Waals surface area contributed by atoms with E-state index in [2.05, 4.69) is 55.5 Å². The Balaban J connectivity index is 1.07. The highest BCUT2D eigenvalue weighted by atomic mass is 16.2. The van der Waals surface area contributed by atoms with Gasteiger partial charge in [0.25, 0.3) is 5.91 Å². The lowest BCUT2D eigenvalue weighted by Gasteiger charge is -2.25. The Morgan fingerprint density at radius 1 is 0.740 bits per heavy atom. The van der Waals surface area contributed by atoms with Gasteiger partial charge in [0.2, 0.25) is 5.91 Å². The molecule has 7 rings (SSSR count). The van der Waals surface area contributed by atoms with E-state index in [0.717, 1.165) is 63.4 Å². The van der Waals surface area contributed by atoms with Crippen molar-refractivity contribution in [2.24, 2.45) is 0 Å². The molecule has 0 bridgehead atoms. The molecule has 8 heteroatoms. The number of amides is 2. The minimum atomic E-state index is -0.708. The first-order valence-electron chi connectivity index (χ1n) is 17.5. The molecule has 0 aliphatic heterocycles. The molecular formula is C42H42N6O2. The van der Waals surface area contributed by atoms with Crippen LogP contribution in [0.3, 0.4) is 0 Å². The van der Waals surface area contributed by atoms with Crippen LogP contribution in [0.15, 0.2) is 122 Å². The second kappa shape index (κ2) is 15.7. The second-order valence-corrected chi connectivity index (χ2v) is 12.9. The van der Waals surface area contributed by atoms with Crippen LogP contribution in [0, 0.1) is 0 Å². The van der Waals surface area contributed by atoms with Gasteiger partial charge in [-0.3, -0.25) is 14.6 Å². The van der Waals surface area contributed by atoms with E-state index in [1.807, 2.05) is 91.1 Å². The summed E-state index contributed by atoms with van der Waals surface area (Å²) in [5.41, 5.74) is 5.06. The highest BCUT2D eigenvalue weighted by Crippen LogP contribution is 2.28. The van der Waals surface area contributed by atoms with Gasteiger partial charge in [-0.25, -0.2) is 4.98 Å². The monoisotopic (exact) mass is 662 g/mol. The van der Waals surface area contributed by atoms with Crippen LogP contribution in [-0.2, 0) is 24.3 Å². The van der Waals surface area contributed by atoms with Gasteiger partial charge in [0, 0.05) is 37.1 Å². The van der Waals surface area contributed by atoms with Crippen molar-refractivity contribution >= 4 is 39.2 Å². The van der Waals surface area contributed by atoms with E-state index in [9.17, 15) is 9.59 Å². The summed E-state index contributed by atoms with van der Waals surface area (Å²) < 4.78 is 0. The Morgan fingerprint density at radius 3 is 2.40 bits per heavy atom. The van der Waals surface area contributed by atoms with Crippen molar-refractivity contribution < 1.29 is 9.59 Å². The maximum absolute atomic E-state index is 14.0. The van der Waals surface area contributed by atoms with Crippen molar-refractivity contribution in [1.82, 2.24) is 25.9 Å². The number of carbonyl (C=O) groups is 2. The molecule has 0 saturated heterocycles. The van der Waals surface area contributed by atoms with E-state index in [1.54, 1.807) is 6.20 Å². The third-order valence-electron chi connectivity index (χ3n) is 9.59. The van der Waals surface area contributed by atoms with E-state index in [-0.39, 0.29) is 17.9 Å². The third-order valence-corrected chi connectivity index (χ3v) is 9.59. The number of benzene rings is 4. The minimum absolute atomic E-state index is 0.198. The maximum Gasteiger partial charge on any atom is 0.252 e. The summed E-state index contributed by atoms with van der Waals surface area (Å²) in [5.74, 6) is 0.319. The highest BCUT2D eigenvalue weighted by molar-refractivity contribution is 6.09. The van der Waals surface area contributed by atoms with Crippen molar-refractivity contribution in [3.63, 3.8) is 0 Å². The molecule has 2 atom stereocenters. The van der Waals surface area contributed by atoms with Crippen LogP contribution < -0.4 is 21.3 Å². The Kier molecular flexibility index (Phi) is 10.4. The number of hydrogen-bond donors (Lipinski definition) is 4. The first-order chi connectivity index (χ1) is 24.6. The number of nitrogens with zero attached hydrogens (tertiary/aromatic N) is 2. The normalized spacial score (nSPS) is 14.5. The molecule has 0 saturated carbocycles. The van der Waals surface area contributed by atoms with E-state index >= 15 is 0 Å². The van der Waals surface area contributed by atoms with Crippen LogP contribution in [0.2, 0.25) is 0 Å². The molecule has 0 spiro atoms. The van der Waals surface area contributed by atoms with Gasteiger partial charge in [0.15, 0.2) is 0 Å². The molecule has 2 amide bonds. The van der Waals surface area contributed by atoms with Gasteiger partial charge < -0.3 is 21.3 Å². The fourth-order valence-electron chi connectivity index (χ4n) is 7.01. The molecular weight excluding hydrogens is 621 g/mol.